The zero-order chi connectivity index (χ0) is 12.1. The van der Waals surface area contributed by atoms with Gasteiger partial charge in [0.25, 0.3) is 0 Å². The number of furan rings is 2. The van der Waals surface area contributed by atoms with E-state index in [1.807, 2.05) is 24.3 Å². The predicted molar refractivity (Wildman–Crippen MR) is 66.8 cm³/mol. The van der Waals surface area contributed by atoms with Gasteiger partial charge in [-0.25, -0.2) is 0 Å². The SMILES string of the molecule is CCc1ccc(CNC(C)Cc2ccco2)o1. The summed E-state index contributed by atoms with van der Waals surface area (Å²) in [6.07, 6.45) is 3.55. The molecule has 0 amide bonds. The van der Waals surface area contributed by atoms with E-state index in [4.69, 9.17) is 8.83 Å². The summed E-state index contributed by atoms with van der Waals surface area (Å²) in [4.78, 5) is 0. The van der Waals surface area contributed by atoms with Crippen molar-refractivity contribution in [3.05, 3.63) is 47.8 Å². The molecular weight excluding hydrogens is 214 g/mol. The highest BCUT2D eigenvalue weighted by Gasteiger charge is 2.06. The lowest BCUT2D eigenvalue weighted by Crippen LogP contribution is -2.27. The van der Waals surface area contributed by atoms with Crippen LogP contribution in [0.15, 0.2) is 39.4 Å². The topological polar surface area (TPSA) is 38.3 Å². The second-order valence-corrected chi connectivity index (χ2v) is 4.29. The van der Waals surface area contributed by atoms with Crippen LogP contribution in [-0.4, -0.2) is 6.04 Å². The monoisotopic (exact) mass is 233 g/mol. The van der Waals surface area contributed by atoms with Gasteiger partial charge in [0.05, 0.1) is 12.8 Å². The van der Waals surface area contributed by atoms with Crippen LogP contribution in [-0.2, 0) is 19.4 Å². The van der Waals surface area contributed by atoms with Gasteiger partial charge in [0.1, 0.15) is 17.3 Å². The Balaban J connectivity index is 1.77. The minimum absolute atomic E-state index is 0.372. The van der Waals surface area contributed by atoms with E-state index >= 15 is 0 Å². The second-order valence-electron chi connectivity index (χ2n) is 4.29. The summed E-state index contributed by atoms with van der Waals surface area (Å²) in [5.41, 5.74) is 0. The standard InChI is InChI=1S/C14H19NO2/c1-3-12-6-7-14(17-12)10-15-11(2)9-13-5-4-8-16-13/h4-8,11,15H,3,9-10H2,1-2H3. The molecular formula is C14H19NO2. The normalized spacial score (nSPS) is 12.8. The van der Waals surface area contributed by atoms with Crippen molar-refractivity contribution >= 4 is 0 Å². The molecule has 2 heterocycles. The summed E-state index contributed by atoms with van der Waals surface area (Å²) in [5.74, 6) is 3.05. The summed E-state index contributed by atoms with van der Waals surface area (Å²) in [7, 11) is 0. The van der Waals surface area contributed by atoms with E-state index in [-0.39, 0.29) is 0 Å². The molecule has 1 atom stereocenters. The molecule has 2 aromatic heterocycles. The summed E-state index contributed by atoms with van der Waals surface area (Å²) >= 11 is 0. The van der Waals surface area contributed by atoms with Gasteiger partial charge in [0, 0.05) is 18.9 Å². The van der Waals surface area contributed by atoms with Gasteiger partial charge in [0.2, 0.25) is 0 Å². The van der Waals surface area contributed by atoms with E-state index in [1.54, 1.807) is 6.26 Å². The first-order chi connectivity index (χ1) is 8.28. The minimum Gasteiger partial charge on any atom is -0.469 e. The Morgan fingerprint density at radius 3 is 2.65 bits per heavy atom. The molecule has 0 saturated carbocycles. The van der Waals surface area contributed by atoms with Crippen molar-refractivity contribution in [1.82, 2.24) is 5.32 Å². The van der Waals surface area contributed by atoms with Gasteiger partial charge < -0.3 is 14.2 Å². The van der Waals surface area contributed by atoms with Gasteiger partial charge in [-0.05, 0) is 31.2 Å². The quantitative estimate of drug-likeness (QED) is 0.833. The van der Waals surface area contributed by atoms with Crippen LogP contribution in [0, 0.1) is 0 Å². The van der Waals surface area contributed by atoms with Crippen LogP contribution < -0.4 is 5.32 Å². The van der Waals surface area contributed by atoms with Crippen LogP contribution in [0.4, 0.5) is 0 Å². The van der Waals surface area contributed by atoms with Crippen LogP contribution in [0.1, 0.15) is 31.1 Å². The molecule has 0 aliphatic carbocycles. The van der Waals surface area contributed by atoms with Gasteiger partial charge in [-0.1, -0.05) is 6.92 Å². The number of hydrogen-bond acceptors (Lipinski definition) is 3. The highest BCUT2D eigenvalue weighted by atomic mass is 16.3. The van der Waals surface area contributed by atoms with E-state index in [9.17, 15) is 0 Å². The van der Waals surface area contributed by atoms with Gasteiger partial charge >= 0.3 is 0 Å². The fourth-order valence-electron chi connectivity index (χ4n) is 1.78. The van der Waals surface area contributed by atoms with Crippen LogP contribution in [0.3, 0.4) is 0 Å². The van der Waals surface area contributed by atoms with E-state index in [0.29, 0.717) is 6.04 Å². The molecule has 0 aliphatic heterocycles. The first kappa shape index (κ1) is 12.0. The average Bonchev–Trinajstić information content (AvgIpc) is 2.96. The number of rotatable bonds is 6. The summed E-state index contributed by atoms with van der Waals surface area (Å²) in [5, 5.41) is 3.42. The molecule has 0 radical (unpaired) electrons. The van der Waals surface area contributed by atoms with E-state index in [1.165, 1.54) is 0 Å². The third-order valence-corrected chi connectivity index (χ3v) is 2.78. The number of nitrogens with one attached hydrogen (secondary N) is 1. The fourth-order valence-corrected chi connectivity index (χ4v) is 1.78. The van der Waals surface area contributed by atoms with Crippen LogP contribution in [0.5, 0.6) is 0 Å². The first-order valence-corrected chi connectivity index (χ1v) is 6.11. The zero-order valence-corrected chi connectivity index (χ0v) is 10.4. The molecule has 0 saturated heterocycles. The highest BCUT2D eigenvalue weighted by molar-refractivity contribution is 5.07. The lowest BCUT2D eigenvalue weighted by molar-refractivity contribution is 0.414. The van der Waals surface area contributed by atoms with E-state index < -0.39 is 0 Å². The Kier molecular flexibility index (Phi) is 4.04. The summed E-state index contributed by atoms with van der Waals surface area (Å²) in [6.45, 7) is 5.00. The molecule has 3 nitrogen and oxygen atoms in total. The van der Waals surface area contributed by atoms with Gasteiger partial charge in [-0.2, -0.15) is 0 Å². The maximum Gasteiger partial charge on any atom is 0.117 e. The largest absolute Gasteiger partial charge is 0.469 e. The lowest BCUT2D eigenvalue weighted by Gasteiger charge is -2.10. The molecule has 0 fully saturated rings. The summed E-state index contributed by atoms with van der Waals surface area (Å²) in [6, 6.07) is 8.36. The zero-order valence-electron chi connectivity index (χ0n) is 10.4. The smallest absolute Gasteiger partial charge is 0.117 e. The molecule has 0 aliphatic rings. The molecule has 1 N–H and O–H groups in total. The van der Waals surface area contributed by atoms with Gasteiger partial charge in [-0.3, -0.25) is 0 Å². The molecule has 0 spiro atoms. The third kappa shape index (κ3) is 3.49. The first-order valence-electron chi connectivity index (χ1n) is 6.11. The highest BCUT2D eigenvalue weighted by Crippen LogP contribution is 2.09. The molecule has 0 aromatic carbocycles. The van der Waals surface area contributed by atoms with E-state index in [0.717, 1.165) is 36.7 Å². The van der Waals surface area contributed by atoms with Crippen molar-refractivity contribution in [2.75, 3.05) is 0 Å². The summed E-state index contributed by atoms with van der Waals surface area (Å²) < 4.78 is 10.9. The fraction of sp³-hybridized carbons (Fsp3) is 0.429. The molecule has 2 rings (SSSR count). The maximum atomic E-state index is 5.63. The molecule has 3 heteroatoms. The lowest BCUT2D eigenvalue weighted by atomic mass is 10.2. The van der Waals surface area contributed by atoms with Gasteiger partial charge in [-0.15, -0.1) is 0 Å². The van der Waals surface area contributed by atoms with Crippen molar-refractivity contribution in [3.63, 3.8) is 0 Å². The van der Waals surface area contributed by atoms with Crippen molar-refractivity contribution in [2.24, 2.45) is 0 Å². The van der Waals surface area contributed by atoms with Crippen molar-refractivity contribution in [1.29, 1.82) is 0 Å². The van der Waals surface area contributed by atoms with Gasteiger partial charge in [0.15, 0.2) is 0 Å². The second kappa shape index (κ2) is 5.73. The maximum absolute atomic E-state index is 5.63. The Morgan fingerprint density at radius 1 is 1.18 bits per heavy atom. The average molecular weight is 233 g/mol. The van der Waals surface area contributed by atoms with Crippen LogP contribution in [0.2, 0.25) is 0 Å². The minimum atomic E-state index is 0.372. The van der Waals surface area contributed by atoms with Crippen LogP contribution >= 0.6 is 0 Å². The Labute approximate surface area is 102 Å². The molecule has 1 unspecified atom stereocenters. The molecule has 2 aromatic rings. The Bertz CT molecular complexity index is 431. The predicted octanol–water partition coefficient (Wildman–Crippen LogP) is 3.16. The van der Waals surface area contributed by atoms with Crippen molar-refractivity contribution in [2.45, 2.75) is 39.3 Å². The third-order valence-electron chi connectivity index (χ3n) is 2.78. The molecule has 0 bridgehead atoms. The van der Waals surface area contributed by atoms with Crippen molar-refractivity contribution in [3.8, 4) is 0 Å². The number of aryl methyl sites for hydroxylation is 1. The van der Waals surface area contributed by atoms with E-state index in [2.05, 4.69) is 19.2 Å². The Morgan fingerprint density at radius 2 is 2.00 bits per heavy atom. The Hall–Kier alpha value is -1.48. The van der Waals surface area contributed by atoms with Crippen molar-refractivity contribution < 1.29 is 8.83 Å². The van der Waals surface area contributed by atoms with Crippen LogP contribution in [0.25, 0.3) is 0 Å². The molecule has 92 valence electrons. The number of hydrogen-bond donors (Lipinski definition) is 1. The molecule has 17 heavy (non-hydrogen) atoms.